The summed E-state index contributed by atoms with van der Waals surface area (Å²) in [4.78, 5) is 25.6. The predicted octanol–water partition coefficient (Wildman–Crippen LogP) is 2.34. The van der Waals surface area contributed by atoms with Gasteiger partial charge in [0.05, 0.1) is 6.04 Å². The molecule has 1 aromatic heterocycles. The van der Waals surface area contributed by atoms with Gasteiger partial charge in [0, 0.05) is 17.8 Å². The van der Waals surface area contributed by atoms with Crippen molar-refractivity contribution in [1.82, 2.24) is 10.3 Å². The molecule has 1 aliphatic rings. The first kappa shape index (κ1) is 14.1. The number of carbonyl (C=O) groups is 2. The van der Waals surface area contributed by atoms with Gasteiger partial charge in [-0.15, -0.1) is 0 Å². The lowest BCUT2D eigenvalue weighted by Crippen LogP contribution is -2.28. The quantitative estimate of drug-likeness (QED) is 0.857. The Morgan fingerprint density at radius 1 is 1.27 bits per heavy atom. The van der Waals surface area contributed by atoms with Crippen molar-refractivity contribution in [3.63, 3.8) is 0 Å². The number of nitrogens with one attached hydrogen (secondary N) is 1. The van der Waals surface area contributed by atoms with E-state index in [0.717, 1.165) is 11.8 Å². The molecule has 2 heterocycles. The van der Waals surface area contributed by atoms with E-state index in [2.05, 4.69) is 10.3 Å². The van der Waals surface area contributed by atoms with Crippen LogP contribution < -0.4 is 10.1 Å². The minimum Gasteiger partial charge on any atom is -0.447 e. The van der Waals surface area contributed by atoms with Crippen LogP contribution in [0.25, 0.3) is 0 Å². The van der Waals surface area contributed by atoms with Crippen LogP contribution >= 0.6 is 0 Å². The van der Waals surface area contributed by atoms with Gasteiger partial charge < -0.3 is 14.8 Å². The molecule has 0 saturated carbocycles. The third-order valence-corrected chi connectivity index (χ3v) is 3.26. The van der Waals surface area contributed by atoms with Gasteiger partial charge >= 0.3 is 6.09 Å². The highest BCUT2D eigenvalue weighted by Gasteiger charge is 2.21. The maximum absolute atomic E-state index is 11.0. The number of cyclic esters (lactones) is 1. The average molecular weight is 298 g/mol. The van der Waals surface area contributed by atoms with Gasteiger partial charge in [-0.05, 0) is 30.2 Å². The monoisotopic (exact) mass is 298 g/mol. The molecule has 0 spiro atoms. The number of carbonyl (C=O) groups excluding carboxylic acids is 2. The summed E-state index contributed by atoms with van der Waals surface area (Å²) in [5.41, 5.74) is 1.58. The molecule has 1 fully saturated rings. The molecule has 0 aliphatic carbocycles. The molecule has 1 amide bonds. The summed E-state index contributed by atoms with van der Waals surface area (Å²) >= 11 is 0. The van der Waals surface area contributed by atoms with E-state index in [4.69, 9.17) is 9.47 Å². The highest BCUT2D eigenvalue weighted by Crippen LogP contribution is 2.20. The standard InChI is InChI=1S/C16H14N2O4/c19-9-12-3-6-15(17-8-12)22-14-4-1-11(2-5-14)7-13-10-21-16(20)18-13/h1-6,8-9,13H,7,10H2,(H,18,20)/t13-/m0/s1. The fourth-order valence-electron chi connectivity index (χ4n) is 2.16. The largest absolute Gasteiger partial charge is 0.447 e. The lowest BCUT2D eigenvalue weighted by molar-refractivity contribution is 0.112. The van der Waals surface area contributed by atoms with E-state index in [1.165, 1.54) is 6.20 Å². The zero-order valence-electron chi connectivity index (χ0n) is 11.7. The van der Waals surface area contributed by atoms with Gasteiger partial charge in [0.2, 0.25) is 5.88 Å². The van der Waals surface area contributed by atoms with Crippen molar-refractivity contribution in [3.8, 4) is 11.6 Å². The molecule has 1 N–H and O–H groups in total. The van der Waals surface area contributed by atoms with Gasteiger partial charge in [-0.3, -0.25) is 4.79 Å². The Morgan fingerprint density at radius 3 is 2.68 bits per heavy atom. The minimum absolute atomic E-state index is 0.0109. The molecule has 22 heavy (non-hydrogen) atoms. The number of amides is 1. The Morgan fingerprint density at radius 2 is 2.09 bits per heavy atom. The summed E-state index contributed by atoms with van der Waals surface area (Å²) in [7, 11) is 0. The summed E-state index contributed by atoms with van der Waals surface area (Å²) in [6.45, 7) is 0.393. The zero-order valence-corrected chi connectivity index (χ0v) is 11.7. The van der Waals surface area contributed by atoms with Crippen molar-refractivity contribution in [1.29, 1.82) is 0 Å². The second-order valence-corrected chi connectivity index (χ2v) is 4.94. The number of rotatable bonds is 5. The van der Waals surface area contributed by atoms with Crippen LogP contribution in [0.3, 0.4) is 0 Å². The van der Waals surface area contributed by atoms with E-state index < -0.39 is 0 Å². The van der Waals surface area contributed by atoms with E-state index >= 15 is 0 Å². The lowest BCUT2D eigenvalue weighted by atomic mass is 10.1. The number of aldehydes is 1. The summed E-state index contributed by atoms with van der Waals surface area (Å²) in [5.74, 6) is 1.08. The molecule has 6 nitrogen and oxygen atoms in total. The Bertz CT molecular complexity index is 668. The van der Waals surface area contributed by atoms with Crippen LogP contribution in [0, 0.1) is 0 Å². The Labute approximate surface area is 127 Å². The van der Waals surface area contributed by atoms with Crippen LogP contribution in [0.15, 0.2) is 42.6 Å². The highest BCUT2D eigenvalue weighted by molar-refractivity contribution is 5.74. The number of hydrogen-bond donors (Lipinski definition) is 1. The van der Waals surface area contributed by atoms with Gasteiger partial charge in [0.1, 0.15) is 12.4 Å². The molecule has 112 valence electrons. The minimum atomic E-state index is -0.366. The molecule has 3 rings (SSSR count). The Balaban J connectivity index is 1.60. The van der Waals surface area contributed by atoms with Gasteiger partial charge in [-0.2, -0.15) is 0 Å². The van der Waals surface area contributed by atoms with E-state index in [0.29, 0.717) is 30.2 Å². The smallest absolute Gasteiger partial charge is 0.407 e. The molecule has 1 aromatic carbocycles. The summed E-state index contributed by atoms with van der Waals surface area (Å²) < 4.78 is 10.4. The van der Waals surface area contributed by atoms with E-state index in [1.807, 2.05) is 24.3 Å². The molecule has 2 aromatic rings. The maximum atomic E-state index is 11.0. The van der Waals surface area contributed by atoms with Crippen LogP contribution in [0.2, 0.25) is 0 Å². The second-order valence-electron chi connectivity index (χ2n) is 4.94. The number of hydrogen-bond acceptors (Lipinski definition) is 5. The maximum Gasteiger partial charge on any atom is 0.407 e. The van der Waals surface area contributed by atoms with Gasteiger partial charge in [0.15, 0.2) is 6.29 Å². The number of ether oxygens (including phenoxy) is 2. The predicted molar refractivity (Wildman–Crippen MR) is 78.1 cm³/mol. The van der Waals surface area contributed by atoms with Crippen molar-refractivity contribution in [2.45, 2.75) is 12.5 Å². The van der Waals surface area contributed by atoms with Crippen LogP contribution in [-0.2, 0) is 11.2 Å². The van der Waals surface area contributed by atoms with E-state index in [-0.39, 0.29) is 12.1 Å². The summed E-state index contributed by atoms with van der Waals surface area (Å²) in [6.07, 6.45) is 2.53. The van der Waals surface area contributed by atoms with Crippen molar-refractivity contribution < 1.29 is 19.1 Å². The third kappa shape index (κ3) is 3.41. The van der Waals surface area contributed by atoms with Gasteiger partial charge in [-0.1, -0.05) is 12.1 Å². The second kappa shape index (κ2) is 6.26. The van der Waals surface area contributed by atoms with Crippen molar-refractivity contribution >= 4 is 12.4 Å². The highest BCUT2D eigenvalue weighted by atomic mass is 16.6. The Kier molecular flexibility index (Phi) is 4.00. The number of benzene rings is 1. The summed E-state index contributed by atoms with van der Waals surface area (Å²) in [6, 6.07) is 10.8. The zero-order chi connectivity index (χ0) is 15.4. The van der Waals surface area contributed by atoms with Crippen LogP contribution in [-0.4, -0.2) is 30.0 Å². The number of pyridine rings is 1. The number of aromatic nitrogens is 1. The van der Waals surface area contributed by atoms with Gasteiger partial charge in [-0.25, -0.2) is 9.78 Å². The Hall–Kier alpha value is -2.89. The fraction of sp³-hybridized carbons (Fsp3) is 0.188. The van der Waals surface area contributed by atoms with E-state index in [9.17, 15) is 9.59 Å². The van der Waals surface area contributed by atoms with E-state index in [1.54, 1.807) is 12.1 Å². The van der Waals surface area contributed by atoms with Crippen LogP contribution in [0.1, 0.15) is 15.9 Å². The fourth-order valence-corrected chi connectivity index (χ4v) is 2.16. The molecule has 0 radical (unpaired) electrons. The lowest BCUT2D eigenvalue weighted by Gasteiger charge is -2.09. The molecule has 6 heteroatoms. The first-order valence-corrected chi connectivity index (χ1v) is 6.84. The summed E-state index contributed by atoms with van der Waals surface area (Å²) in [5, 5.41) is 2.74. The number of alkyl carbamates (subject to hydrolysis) is 1. The molecular weight excluding hydrogens is 284 g/mol. The molecule has 0 bridgehead atoms. The third-order valence-electron chi connectivity index (χ3n) is 3.26. The normalized spacial score (nSPS) is 16.7. The number of nitrogens with zero attached hydrogens (tertiary/aromatic N) is 1. The van der Waals surface area contributed by atoms with Crippen molar-refractivity contribution in [3.05, 3.63) is 53.7 Å². The molecule has 0 unspecified atom stereocenters. The van der Waals surface area contributed by atoms with Crippen LogP contribution in [0.4, 0.5) is 4.79 Å². The van der Waals surface area contributed by atoms with Crippen molar-refractivity contribution in [2.75, 3.05) is 6.61 Å². The topological polar surface area (TPSA) is 77.5 Å². The molecule has 1 atom stereocenters. The van der Waals surface area contributed by atoms with Crippen LogP contribution in [0.5, 0.6) is 11.6 Å². The SMILES string of the molecule is O=Cc1ccc(Oc2ccc(C[C@H]3COC(=O)N3)cc2)nc1. The first-order chi connectivity index (χ1) is 10.7. The first-order valence-electron chi connectivity index (χ1n) is 6.84. The average Bonchev–Trinajstić information content (AvgIpc) is 2.95. The molecular formula is C16H14N2O4. The van der Waals surface area contributed by atoms with Crippen molar-refractivity contribution in [2.24, 2.45) is 0 Å². The molecule has 1 aliphatic heterocycles. The molecule has 1 saturated heterocycles. The van der Waals surface area contributed by atoms with Gasteiger partial charge in [0.25, 0.3) is 0 Å².